The van der Waals surface area contributed by atoms with Crippen molar-refractivity contribution in [2.24, 2.45) is 5.73 Å². The highest BCUT2D eigenvalue weighted by Gasteiger charge is 2.44. The van der Waals surface area contributed by atoms with Crippen molar-refractivity contribution in [2.45, 2.75) is 88.0 Å². The zero-order valence-corrected chi connectivity index (χ0v) is 21.8. The minimum absolute atomic E-state index is 0.00927. The van der Waals surface area contributed by atoms with Crippen molar-refractivity contribution < 1.29 is 34.1 Å². The monoisotopic (exact) mass is 550 g/mol. The number of fused-ring (bicyclic) bond motifs is 2. The molecule has 1 saturated carbocycles. The van der Waals surface area contributed by atoms with E-state index in [0.717, 1.165) is 25.7 Å². The van der Waals surface area contributed by atoms with Crippen LogP contribution in [0.2, 0.25) is 0 Å². The van der Waals surface area contributed by atoms with Gasteiger partial charge in [0.05, 0.1) is 31.3 Å². The molecule has 1 aliphatic carbocycles. The van der Waals surface area contributed by atoms with Crippen molar-refractivity contribution in [2.75, 3.05) is 26.2 Å². The number of hydrogen-bond donors (Lipinski definition) is 6. The Labute approximate surface area is 225 Å². The molecule has 2 aliphatic heterocycles. The number of aromatic nitrogens is 3. The number of aliphatic hydroxyl groups is 2. The van der Waals surface area contributed by atoms with Gasteiger partial charge in [-0.15, -0.1) is 5.10 Å². The van der Waals surface area contributed by atoms with Crippen LogP contribution in [0, 0.1) is 0 Å². The highest BCUT2D eigenvalue weighted by Crippen LogP contribution is 2.24. The van der Waals surface area contributed by atoms with Gasteiger partial charge < -0.3 is 41.5 Å². The summed E-state index contributed by atoms with van der Waals surface area (Å²) in [6, 6.07) is -0.683. The van der Waals surface area contributed by atoms with Gasteiger partial charge in [-0.2, -0.15) is 0 Å². The minimum atomic E-state index is -1.31. The molecule has 1 aromatic heterocycles. The third-order valence-corrected chi connectivity index (χ3v) is 7.41. The first-order valence-corrected chi connectivity index (χ1v) is 13.5. The Balaban J connectivity index is 1.47. The van der Waals surface area contributed by atoms with Crippen molar-refractivity contribution in [3.05, 3.63) is 11.9 Å². The Kier molecular flexibility index (Phi) is 9.83. The lowest BCUT2D eigenvalue weighted by Gasteiger charge is -2.26. The van der Waals surface area contributed by atoms with Gasteiger partial charge in [-0.25, -0.2) is 0 Å². The van der Waals surface area contributed by atoms with Crippen LogP contribution in [0.15, 0.2) is 6.20 Å². The van der Waals surface area contributed by atoms with Gasteiger partial charge in [0.15, 0.2) is 0 Å². The number of nitrogens with zero attached hydrogens (tertiary/aromatic N) is 4. The van der Waals surface area contributed by atoms with Gasteiger partial charge in [-0.3, -0.25) is 23.9 Å². The van der Waals surface area contributed by atoms with E-state index in [1.54, 1.807) is 6.20 Å². The molecule has 4 rings (SSSR count). The number of nitrogens with two attached hydrogens (primary N) is 1. The van der Waals surface area contributed by atoms with Crippen molar-refractivity contribution in [3.8, 4) is 0 Å². The average Bonchev–Trinajstić information content (AvgIpc) is 3.63. The number of aliphatic hydroxyl groups excluding tert-OH is 2. The lowest BCUT2D eigenvalue weighted by molar-refractivity contribution is -0.139. The van der Waals surface area contributed by atoms with Crippen LogP contribution in [0.4, 0.5) is 0 Å². The van der Waals surface area contributed by atoms with Gasteiger partial charge in [0.1, 0.15) is 24.4 Å². The fraction of sp³-hybridized carbons (Fsp3) is 0.750. The molecule has 1 aromatic rings. The van der Waals surface area contributed by atoms with E-state index in [0.29, 0.717) is 18.3 Å². The third-order valence-electron chi connectivity index (χ3n) is 7.41. The second-order valence-electron chi connectivity index (χ2n) is 10.4. The summed E-state index contributed by atoms with van der Waals surface area (Å²) in [7, 11) is 0. The molecule has 15 nitrogen and oxygen atoms in total. The molecular formula is C24H38N8O7. The normalized spacial score (nSPS) is 28.9. The maximum absolute atomic E-state index is 13.2. The van der Waals surface area contributed by atoms with Gasteiger partial charge in [0.25, 0.3) is 0 Å². The molecule has 39 heavy (non-hydrogen) atoms. The molecule has 2 unspecified atom stereocenters. The Hall–Kier alpha value is -3.14. The van der Waals surface area contributed by atoms with Gasteiger partial charge in [-0.05, 0) is 12.8 Å². The number of nitrogens with one attached hydrogen (secondary N) is 3. The zero-order valence-electron chi connectivity index (χ0n) is 21.8. The quantitative estimate of drug-likeness (QED) is 0.179. The van der Waals surface area contributed by atoms with Crippen LogP contribution < -0.4 is 21.7 Å². The van der Waals surface area contributed by atoms with Crippen LogP contribution in [0.25, 0.3) is 0 Å². The summed E-state index contributed by atoms with van der Waals surface area (Å²) >= 11 is 0. The van der Waals surface area contributed by atoms with E-state index in [2.05, 4.69) is 26.3 Å². The lowest BCUT2D eigenvalue weighted by atomic mass is 10.0. The van der Waals surface area contributed by atoms with Crippen LogP contribution in [0.3, 0.4) is 0 Å². The van der Waals surface area contributed by atoms with E-state index < -0.39 is 54.1 Å². The summed E-state index contributed by atoms with van der Waals surface area (Å²) in [6.45, 7) is 0.533. The predicted octanol–water partition coefficient (Wildman–Crippen LogP) is -3.45. The molecule has 0 aromatic carbocycles. The van der Waals surface area contributed by atoms with E-state index in [9.17, 15) is 29.4 Å². The van der Waals surface area contributed by atoms with E-state index in [1.807, 2.05) is 0 Å². The Bertz CT molecular complexity index is 1030. The second-order valence-corrected chi connectivity index (χ2v) is 10.4. The van der Waals surface area contributed by atoms with Gasteiger partial charge in [-0.1, -0.05) is 18.1 Å². The number of amides is 4. The fourth-order valence-electron chi connectivity index (χ4n) is 5.21. The van der Waals surface area contributed by atoms with Gasteiger partial charge >= 0.3 is 0 Å². The zero-order chi connectivity index (χ0) is 27.9. The Morgan fingerprint density at radius 2 is 1.90 bits per heavy atom. The van der Waals surface area contributed by atoms with E-state index in [1.165, 1.54) is 9.58 Å². The van der Waals surface area contributed by atoms with Crippen LogP contribution >= 0.6 is 0 Å². The molecule has 0 spiro atoms. The van der Waals surface area contributed by atoms with Crippen LogP contribution in [0.1, 0.15) is 44.2 Å². The smallest absolute Gasteiger partial charge is 0.243 e. The number of rotatable bonds is 9. The first-order valence-electron chi connectivity index (χ1n) is 13.5. The van der Waals surface area contributed by atoms with Gasteiger partial charge in [0, 0.05) is 44.7 Å². The molecule has 0 radical (unpaired) electrons. The van der Waals surface area contributed by atoms with Crippen LogP contribution in [0.5, 0.6) is 0 Å². The molecule has 7 N–H and O–H groups in total. The maximum atomic E-state index is 13.2. The SMILES string of the molecule is NC(=O)CCn1cc(C[C@H]2NC(=O)CN(CCNC3CCCC3)C(=O)C[C@@H]3O[C@H](CNC2=O)C(O)C3O)nn1. The largest absolute Gasteiger partial charge is 0.388 e. The highest BCUT2D eigenvalue weighted by molar-refractivity contribution is 5.90. The van der Waals surface area contributed by atoms with Crippen LogP contribution in [-0.2, 0) is 36.9 Å². The minimum Gasteiger partial charge on any atom is -0.388 e. The van der Waals surface area contributed by atoms with E-state index in [-0.39, 0.29) is 45.4 Å². The summed E-state index contributed by atoms with van der Waals surface area (Å²) in [4.78, 5) is 51.7. The van der Waals surface area contributed by atoms with Crippen molar-refractivity contribution >= 4 is 23.6 Å². The molecule has 2 saturated heterocycles. The highest BCUT2D eigenvalue weighted by atomic mass is 16.5. The number of aryl methyl sites for hydroxylation is 1. The fourth-order valence-corrected chi connectivity index (χ4v) is 5.21. The summed E-state index contributed by atoms with van der Waals surface area (Å²) in [6.07, 6.45) is 1.37. The molecule has 3 aliphatic rings. The molecule has 15 heteroatoms. The molecule has 216 valence electrons. The average molecular weight is 551 g/mol. The summed E-state index contributed by atoms with van der Waals surface area (Å²) < 4.78 is 7.15. The topological polar surface area (TPSA) is 214 Å². The molecule has 5 atom stereocenters. The number of hydrogen-bond acceptors (Lipinski definition) is 10. The number of primary amides is 1. The third kappa shape index (κ3) is 7.94. The van der Waals surface area contributed by atoms with Crippen LogP contribution in [-0.4, -0.2) is 116 Å². The number of carbonyl (C=O) groups excluding carboxylic acids is 4. The van der Waals surface area contributed by atoms with Crippen molar-refractivity contribution in [1.29, 1.82) is 0 Å². The van der Waals surface area contributed by atoms with Crippen molar-refractivity contribution in [3.63, 3.8) is 0 Å². The molecule has 3 heterocycles. The first-order chi connectivity index (χ1) is 18.7. The molecular weight excluding hydrogens is 512 g/mol. The number of carbonyl (C=O) groups is 4. The standard InChI is InChI=1S/C24H38N8O7/c25-19(33)5-7-32-12-15(29-30-32)9-16-24(38)27-11-18-23(37)22(36)17(39-18)10-21(35)31(13-20(34)28-16)8-6-26-14-3-1-2-4-14/h12,14,16-18,22-23,26,36-37H,1-11,13H2,(H2,25,33)(H,27,38)(H,28,34)/t16-,17+,18-,22?,23?/m1/s1. The Morgan fingerprint density at radius 3 is 2.64 bits per heavy atom. The molecule has 2 bridgehead atoms. The van der Waals surface area contributed by atoms with Crippen molar-refractivity contribution in [1.82, 2.24) is 35.8 Å². The van der Waals surface area contributed by atoms with Gasteiger partial charge in [0.2, 0.25) is 23.6 Å². The summed E-state index contributed by atoms with van der Waals surface area (Å²) in [5.74, 6) is -1.97. The maximum Gasteiger partial charge on any atom is 0.243 e. The molecule has 4 amide bonds. The molecule has 3 fully saturated rings. The van der Waals surface area contributed by atoms with E-state index >= 15 is 0 Å². The Morgan fingerprint density at radius 1 is 1.15 bits per heavy atom. The summed E-state index contributed by atoms with van der Waals surface area (Å²) in [5.41, 5.74) is 5.57. The summed E-state index contributed by atoms with van der Waals surface area (Å²) in [5, 5.41) is 37.6. The van der Waals surface area contributed by atoms with E-state index in [4.69, 9.17) is 10.5 Å². The second kappa shape index (κ2) is 13.3. The number of ether oxygens (including phenoxy) is 1. The lowest BCUT2D eigenvalue weighted by Crippen LogP contribution is -2.53. The predicted molar refractivity (Wildman–Crippen MR) is 135 cm³/mol. The first kappa shape index (κ1) is 28.9.